The molecule has 5 heterocycles. The van der Waals surface area contributed by atoms with Gasteiger partial charge in [0.2, 0.25) is 20.7 Å². The second-order valence-electron chi connectivity index (χ2n) is 23.4. The normalized spacial score (nSPS) is 14.3. The third-order valence-electron chi connectivity index (χ3n) is 14.3. The summed E-state index contributed by atoms with van der Waals surface area (Å²) < 4.78 is 60.2. The average molecular weight is 1520 g/mol. The van der Waals surface area contributed by atoms with Crippen LogP contribution in [0.2, 0.25) is 0 Å². The molecule has 8 rings (SSSR count). The van der Waals surface area contributed by atoms with Crippen LogP contribution in [0, 0.1) is 33.9 Å². The minimum absolute atomic E-state index is 0. The Labute approximate surface area is 638 Å². The van der Waals surface area contributed by atoms with Crippen LogP contribution in [-0.4, -0.2) is 165 Å². The number of benzene rings is 3. The van der Waals surface area contributed by atoms with Gasteiger partial charge in [0.05, 0.1) is 74.0 Å². The van der Waals surface area contributed by atoms with Gasteiger partial charge in [0.1, 0.15) is 35.7 Å². The van der Waals surface area contributed by atoms with Crippen molar-refractivity contribution in [2.24, 2.45) is 0 Å². The Hall–Kier alpha value is -5.71. The number of aromatic amines is 4. The summed E-state index contributed by atoms with van der Waals surface area (Å²) in [6, 6.07) is 27.0. The molecular weight excluding hydrogens is 1410 g/mol. The number of epoxide rings is 2. The Morgan fingerprint density at radius 2 is 1.10 bits per heavy atom. The number of aliphatic hydroxyl groups excluding tert-OH is 2. The van der Waals surface area contributed by atoms with E-state index in [2.05, 4.69) is 106 Å². The van der Waals surface area contributed by atoms with Crippen molar-refractivity contribution in [3.05, 3.63) is 216 Å². The van der Waals surface area contributed by atoms with Crippen LogP contribution in [0.15, 0.2) is 126 Å². The van der Waals surface area contributed by atoms with E-state index in [1.54, 1.807) is 41.2 Å². The monoisotopic (exact) mass is 1520 g/mol. The number of halogens is 3. The molecule has 6 atom stereocenters. The number of ether oxygens (including phenoxy) is 4. The number of rotatable bonds is 27. The van der Waals surface area contributed by atoms with Gasteiger partial charge in [-0.15, -0.1) is 11.6 Å². The van der Waals surface area contributed by atoms with E-state index in [4.69, 9.17) is 70.2 Å². The van der Waals surface area contributed by atoms with Crippen LogP contribution in [0.3, 0.4) is 0 Å². The topological polar surface area (TPSA) is 302 Å². The van der Waals surface area contributed by atoms with Crippen molar-refractivity contribution in [2.75, 3.05) is 67.5 Å². The standard InChI is InChI=1S/C21H19ClO2.C18H31N4O4P.C9H18ClN2OP.C9H14N2O3.C5H6N2O2.C4H8O.C3H6O2.CH3F.CH4.Na.H/c1-23-19-12-8-17(9-13-19)21(22,16-6-4-3-5-7-16)18-10-14-20(24-2)15-11-18;1-8-16(12-21-11-15(6)17(23)20-18(21)24)26-27(25-10-9-19-7)22(13(2)3)14(4)5;1-8(2)12(9(3)4)14(10)13-7-6-11-5;1-3-7(12)5-11-4-6(2)8(13)10-9(11)14;1-3-2-6-5(9)7-4(3)8;1-2-4-3-5-4;4-1-3-2-5-3;1-2;;;/h3-15H,1-2H3;11,13-14,16H,8-10,12H2,1-6H3,(H,20,23,24);8-9H,6-7H2,1-4H3;4,7,12H,3,5H2,1-2H3,(H,10,13,14);2H,1H3,(H2,6,7,8,9);4H,2-3H2,1H3;3-4H,1-2H2;1H3;1H4;;/q;;;;;;;;;+1;-1/t;16-,27?;;7-;;4-;3-;;;;/m.1.1.11..../s1/i;;;;;;;1D;;;. The first kappa shape index (κ1) is 96.3. The van der Waals surface area contributed by atoms with Crippen LogP contribution < -0.4 is 72.8 Å². The van der Waals surface area contributed by atoms with Gasteiger partial charge in [-0.3, -0.25) is 42.9 Å². The maximum absolute atomic E-state index is 12.1. The number of H-pyrrole nitrogens is 4. The van der Waals surface area contributed by atoms with E-state index in [1.165, 1.54) is 27.9 Å². The van der Waals surface area contributed by atoms with E-state index < -0.39 is 51.4 Å². The molecule has 2 aliphatic rings. The van der Waals surface area contributed by atoms with Gasteiger partial charge in [0, 0.05) is 59.4 Å². The van der Waals surface area contributed by atoms with Crippen molar-refractivity contribution < 1.29 is 79.5 Å². The molecule has 2 aliphatic heterocycles. The second-order valence-corrected chi connectivity index (χ2v) is 27.4. The van der Waals surface area contributed by atoms with Crippen molar-refractivity contribution >= 4 is 39.0 Å². The third kappa shape index (κ3) is 36.8. The number of aromatic nitrogens is 6. The fraction of sp³-hybridized carbons (Fsp3) is 0.549. The molecule has 102 heavy (non-hydrogen) atoms. The van der Waals surface area contributed by atoms with Crippen LogP contribution in [0.25, 0.3) is 9.69 Å². The molecule has 0 bridgehead atoms. The van der Waals surface area contributed by atoms with Gasteiger partial charge in [0.25, 0.3) is 25.2 Å². The van der Waals surface area contributed by atoms with Crippen LogP contribution >= 0.6 is 39.0 Å². The van der Waals surface area contributed by atoms with Gasteiger partial charge in [-0.2, -0.15) is 0 Å². The minimum Gasteiger partial charge on any atom is -1.00 e. The van der Waals surface area contributed by atoms with Gasteiger partial charge < -0.3 is 58.8 Å². The van der Waals surface area contributed by atoms with E-state index >= 15 is 0 Å². The summed E-state index contributed by atoms with van der Waals surface area (Å²) >= 11 is 13.4. The number of alkyl halides is 2. The Kier molecular flexibility index (Phi) is 50.9. The molecule has 31 heteroatoms. The zero-order valence-corrected chi connectivity index (χ0v) is 66.8. The SMILES string of the molecule is C.CC[C@@H](O)Cn1cc(C)c(=O)[nH]c1=O.CC[C@@H]1CO1.COc1ccc(C(Cl)(c2ccccc2)c2ccc(OC)cc2)cc1.Cc1c[nH]c(=O)[nH]c1=O.OC[C@@H]1CO1.[2H]CF.[C-]#[N+]CCOP(Cl)N(C(C)C)C(C)C.[C-]#[N+]CCOP(O[C@H](CC)Cn1cc(C)c(=O)[nH]c1=O)N(C(C)C)C(C)C.[H-].[Na+]. The zero-order chi connectivity index (χ0) is 76.4. The number of nitrogens with zero attached hydrogens (tertiary/aromatic N) is 6. The molecule has 2 fully saturated rings. The smallest absolute Gasteiger partial charge is 1.00 e. The van der Waals surface area contributed by atoms with Crippen molar-refractivity contribution in [1.82, 2.24) is 38.4 Å². The molecular formula is C71H110Cl2FN10NaO15P2. The maximum atomic E-state index is 12.1. The van der Waals surface area contributed by atoms with E-state index in [-0.39, 0.29) is 99.1 Å². The van der Waals surface area contributed by atoms with Crippen molar-refractivity contribution in [3.63, 3.8) is 0 Å². The number of hydrogen-bond acceptors (Lipinski definition) is 17. The van der Waals surface area contributed by atoms with Gasteiger partial charge in [-0.1, -0.05) is 82.8 Å². The zero-order valence-electron chi connectivity index (χ0n) is 63.5. The van der Waals surface area contributed by atoms with Crippen LogP contribution in [0.1, 0.15) is 139 Å². The maximum Gasteiger partial charge on any atom is 1.00 e. The molecule has 0 spiro atoms. The average Bonchev–Trinajstić information content (AvgIpc) is 1.18. The molecule has 6 aromatic rings. The predicted octanol–water partition coefficient (Wildman–Crippen LogP) is 9.16. The van der Waals surface area contributed by atoms with Gasteiger partial charge in [-0.25, -0.2) is 36.9 Å². The largest absolute Gasteiger partial charge is 1.00 e. The summed E-state index contributed by atoms with van der Waals surface area (Å²) in [6.07, 6.45) is 6.85. The van der Waals surface area contributed by atoms with Gasteiger partial charge in [0.15, 0.2) is 0 Å². The first-order valence-corrected chi connectivity index (χ1v) is 36.3. The Balaban J connectivity index is -0.00000120. The van der Waals surface area contributed by atoms with E-state index in [9.17, 15) is 38.3 Å². The molecule has 2 unspecified atom stereocenters. The molecule has 0 aliphatic carbocycles. The Morgan fingerprint density at radius 1 is 0.686 bits per heavy atom. The fourth-order valence-electron chi connectivity index (χ4n) is 8.69. The first-order valence-electron chi connectivity index (χ1n) is 33.3. The molecule has 0 amide bonds. The summed E-state index contributed by atoms with van der Waals surface area (Å²) in [6.45, 7) is 45.0. The first-order chi connectivity index (χ1) is 47.9. The van der Waals surface area contributed by atoms with E-state index in [0.29, 0.717) is 74.0 Å². The van der Waals surface area contributed by atoms with Gasteiger partial charge >= 0.3 is 46.6 Å². The number of aliphatic hydroxyl groups is 2. The molecule has 566 valence electrons. The summed E-state index contributed by atoms with van der Waals surface area (Å²) in [5.41, 5.74) is 1.96. The summed E-state index contributed by atoms with van der Waals surface area (Å²) in [4.78, 5) is 81.5. The minimum atomic E-state index is -1.38. The number of methoxy groups -OCH3 is 2. The van der Waals surface area contributed by atoms with Crippen molar-refractivity contribution in [3.8, 4) is 11.5 Å². The van der Waals surface area contributed by atoms with Crippen LogP contribution in [-0.2, 0) is 41.0 Å². The van der Waals surface area contributed by atoms with Gasteiger partial charge in [-0.05, 0) is 148 Å². The summed E-state index contributed by atoms with van der Waals surface area (Å²) in [5, 5.41) is 17.4. The van der Waals surface area contributed by atoms with E-state index in [0.717, 1.165) is 41.4 Å². The molecule has 0 saturated carbocycles. The molecule has 3 aromatic heterocycles. The number of aryl methyl sites for hydroxylation is 3. The van der Waals surface area contributed by atoms with Crippen LogP contribution in [0.4, 0.5) is 4.39 Å². The molecule has 6 N–H and O–H groups in total. The molecule has 25 nitrogen and oxygen atoms in total. The second kappa shape index (κ2) is 54.0. The molecule has 0 radical (unpaired) electrons. The third-order valence-corrected chi connectivity index (χ3v) is 19.6. The van der Waals surface area contributed by atoms with Crippen LogP contribution in [0.5, 0.6) is 11.5 Å². The number of nitrogens with one attached hydrogen (secondary N) is 4. The summed E-state index contributed by atoms with van der Waals surface area (Å²) in [7, 11) is -0.136. The number of hydrogen-bond donors (Lipinski definition) is 6. The Morgan fingerprint density at radius 3 is 1.43 bits per heavy atom. The fourth-order valence-corrected chi connectivity index (χ4v) is 13.2. The Bertz CT molecular complexity index is 3660. The van der Waals surface area contributed by atoms with E-state index in [1.807, 2.05) is 92.7 Å². The molecule has 2 saturated heterocycles. The van der Waals surface area contributed by atoms with Crippen molar-refractivity contribution in [1.29, 1.82) is 0 Å². The molecule has 3 aromatic carbocycles. The van der Waals surface area contributed by atoms with Crippen molar-refractivity contribution in [2.45, 2.75) is 190 Å². The predicted molar refractivity (Wildman–Crippen MR) is 405 cm³/mol. The quantitative estimate of drug-likeness (QED) is 0.00532. The summed E-state index contributed by atoms with van der Waals surface area (Å²) in [5.74, 6) is 1.61.